The first-order valence-corrected chi connectivity index (χ1v) is 11.1. The Kier molecular flexibility index (Phi) is 5.60. The fourth-order valence-electron chi connectivity index (χ4n) is 5.21. The van der Waals surface area contributed by atoms with Crippen molar-refractivity contribution >= 4 is 35.3 Å². The Morgan fingerprint density at radius 1 is 1.12 bits per heavy atom. The topological polar surface area (TPSA) is 69.7 Å². The Hall–Kier alpha value is -3.48. The number of carbonyl (C=O) groups excluding carboxylic acids is 3. The van der Waals surface area contributed by atoms with E-state index in [9.17, 15) is 18.8 Å². The maximum atomic E-state index is 13.7. The first-order chi connectivity index (χ1) is 15.5. The van der Waals surface area contributed by atoms with Crippen LogP contribution in [-0.2, 0) is 9.59 Å². The Morgan fingerprint density at radius 2 is 1.85 bits per heavy atom. The molecule has 2 aliphatic rings. The van der Waals surface area contributed by atoms with Crippen LogP contribution in [0.5, 0.6) is 0 Å². The number of nitrogens with one attached hydrogen (secondary N) is 1. The van der Waals surface area contributed by atoms with Gasteiger partial charge in [0.15, 0.2) is 0 Å². The van der Waals surface area contributed by atoms with Crippen LogP contribution >= 0.6 is 0 Å². The Labute approximate surface area is 193 Å². The second-order valence-electron chi connectivity index (χ2n) is 9.64. The number of anilines is 2. The molecule has 33 heavy (non-hydrogen) atoms. The number of halogens is 1. The first-order valence-electron chi connectivity index (χ1n) is 11.1. The monoisotopic (exact) mass is 449 g/mol. The molecule has 2 heterocycles. The lowest BCUT2D eigenvalue weighted by molar-refractivity contribution is -0.122. The summed E-state index contributed by atoms with van der Waals surface area (Å²) in [6, 6.07) is 10.4. The summed E-state index contributed by atoms with van der Waals surface area (Å²) in [6.45, 7) is 11.0. The summed E-state index contributed by atoms with van der Waals surface area (Å²) < 4.78 is 13.7. The zero-order valence-corrected chi connectivity index (χ0v) is 19.5. The van der Waals surface area contributed by atoms with Gasteiger partial charge >= 0.3 is 6.03 Å². The molecule has 1 fully saturated rings. The van der Waals surface area contributed by atoms with Gasteiger partial charge in [-0.15, -0.1) is 0 Å². The molecular formula is C26H28FN3O3. The van der Waals surface area contributed by atoms with E-state index in [0.717, 1.165) is 28.6 Å². The number of fused-ring (bicyclic) bond motifs is 1. The zero-order valence-electron chi connectivity index (χ0n) is 19.5. The molecule has 0 bridgehead atoms. The molecule has 1 saturated heterocycles. The highest BCUT2D eigenvalue weighted by Gasteiger charge is 2.39. The molecule has 0 radical (unpaired) electrons. The summed E-state index contributed by atoms with van der Waals surface area (Å²) in [6.07, 6.45) is 2.46. The number of urea groups is 1. The number of rotatable bonds is 3. The molecule has 0 aromatic heterocycles. The summed E-state index contributed by atoms with van der Waals surface area (Å²) in [5.41, 5.74) is 2.88. The number of carbonyl (C=O) groups is 3. The van der Waals surface area contributed by atoms with Gasteiger partial charge in [0.1, 0.15) is 11.4 Å². The van der Waals surface area contributed by atoms with Crippen molar-refractivity contribution in [3.63, 3.8) is 0 Å². The number of amides is 4. The van der Waals surface area contributed by atoms with Crippen LogP contribution in [0.15, 0.2) is 48.0 Å². The predicted molar refractivity (Wildman–Crippen MR) is 127 cm³/mol. The molecule has 0 aliphatic carbocycles. The van der Waals surface area contributed by atoms with Crippen LogP contribution in [-0.4, -0.2) is 29.4 Å². The fraction of sp³-hybridized carbons (Fsp3) is 0.346. The maximum absolute atomic E-state index is 13.7. The Balaban J connectivity index is 1.74. The van der Waals surface area contributed by atoms with Crippen LogP contribution in [0.1, 0.15) is 58.1 Å². The van der Waals surface area contributed by atoms with Crippen LogP contribution in [0.4, 0.5) is 20.6 Å². The highest BCUT2D eigenvalue weighted by molar-refractivity contribution is 6.39. The highest BCUT2D eigenvalue weighted by Crippen LogP contribution is 2.44. The van der Waals surface area contributed by atoms with Crippen LogP contribution in [0, 0.1) is 5.82 Å². The quantitative estimate of drug-likeness (QED) is 0.529. The number of hydrogen-bond acceptors (Lipinski definition) is 4. The molecule has 4 amide bonds. The largest absolute Gasteiger partial charge is 0.364 e. The van der Waals surface area contributed by atoms with Crippen molar-refractivity contribution in [2.75, 3.05) is 9.80 Å². The van der Waals surface area contributed by atoms with Crippen molar-refractivity contribution in [1.82, 2.24) is 5.32 Å². The molecule has 0 saturated carbocycles. The smallest absolute Gasteiger partial charge is 0.335 e. The molecule has 4 rings (SSSR count). The minimum Gasteiger partial charge on any atom is -0.364 e. The molecule has 2 aromatic rings. The van der Waals surface area contributed by atoms with Crippen LogP contribution < -0.4 is 15.1 Å². The van der Waals surface area contributed by atoms with Crippen molar-refractivity contribution < 1.29 is 18.8 Å². The van der Waals surface area contributed by atoms with Gasteiger partial charge in [-0.2, -0.15) is 0 Å². The fourth-order valence-corrected chi connectivity index (χ4v) is 5.21. The van der Waals surface area contributed by atoms with E-state index in [1.807, 2.05) is 18.2 Å². The number of hydrogen-bond donors (Lipinski definition) is 1. The minimum absolute atomic E-state index is 0.00556. The molecular weight excluding hydrogens is 421 g/mol. The van der Waals surface area contributed by atoms with Crippen molar-refractivity contribution in [2.45, 2.75) is 58.5 Å². The Bertz CT molecular complexity index is 1190. The summed E-state index contributed by atoms with van der Waals surface area (Å²) in [5.74, 6) is -1.85. The zero-order chi connectivity index (χ0) is 24.1. The third-order valence-electron chi connectivity index (χ3n) is 6.30. The summed E-state index contributed by atoms with van der Waals surface area (Å²) in [4.78, 5) is 41.1. The predicted octanol–water partition coefficient (Wildman–Crippen LogP) is 4.99. The summed E-state index contributed by atoms with van der Waals surface area (Å²) in [5, 5.41) is 2.18. The number of imide groups is 2. The molecule has 1 N–H and O–H groups in total. The van der Waals surface area contributed by atoms with E-state index in [0.29, 0.717) is 17.5 Å². The molecule has 0 unspecified atom stereocenters. The van der Waals surface area contributed by atoms with Crippen molar-refractivity contribution in [3.8, 4) is 0 Å². The lowest BCUT2D eigenvalue weighted by Gasteiger charge is -2.50. The van der Waals surface area contributed by atoms with Gasteiger partial charge in [0, 0.05) is 17.3 Å². The lowest BCUT2D eigenvalue weighted by atomic mass is 9.78. The van der Waals surface area contributed by atoms with E-state index in [1.165, 1.54) is 24.3 Å². The normalized spacial score (nSPS) is 21.5. The number of nitrogens with zero attached hydrogens (tertiary/aromatic N) is 2. The summed E-state index contributed by atoms with van der Waals surface area (Å²) >= 11 is 0. The highest BCUT2D eigenvalue weighted by atomic mass is 19.1. The SMILES string of the molecule is CC(C)N1c2ccc(/C=C3\C(=O)NC(=O)N(c4cccc(F)c4)C3=O)cc2[C@@H](C)CC1(C)C. The van der Waals surface area contributed by atoms with Gasteiger partial charge in [0.2, 0.25) is 0 Å². The molecule has 172 valence electrons. The van der Waals surface area contributed by atoms with Gasteiger partial charge in [0.25, 0.3) is 11.8 Å². The van der Waals surface area contributed by atoms with Crippen LogP contribution in [0.2, 0.25) is 0 Å². The molecule has 2 aromatic carbocycles. The van der Waals surface area contributed by atoms with Crippen LogP contribution in [0.3, 0.4) is 0 Å². The average Bonchev–Trinajstić information content (AvgIpc) is 2.70. The van der Waals surface area contributed by atoms with Gasteiger partial charge in [-0.05, 0) is 87.6 Å². The van der Waals surface area contributed by atoms with Crippen LogP contribution in [0.25, 0.3) is 6.08 Å². The van der Waals surface area contributed by atoms with E-state index >= 15 is 0 Å². The second-order valence-corrected chi connectivity index (χ2v) is 9.64. The van der Waals surface area contributed by atoms with Gasteiger partial charge < -0.3 is 4.90 Å². The molecule has 0 spiro atoms. The van der Waals surface area contributed by atoms with Gasteiger partial charge in [-0.25, -0.2) is 14.1 Å². The maximum Gasteiger partial charge on any atom is 0.335 e. The number of benzene rings is 2. The van der Waals surface area contributed by atoms with E-state index in [-0.39, 0.29) is 16.8 Å². The minimum atomic E-state index is -0.901. The third kappa shape index (κ3) is 4.03. The number of barbiturate groups is 1. The molecule has 2 aliphatic heterocycles. The van der Waals surface area contributed by atoms with E-state index < -0.39 is 23.7 Å². The average molecular weight is 450 g/mol. The molecule has 1 atom stereocenters. The summed E-state index contributed by atoms with van der Waals surface area (Å²) in [7, 11) is 0. The van der Waals surface area contributed by atoms with Crippen molar-refractivity contribution in [3.05, 3.63) is 65.0 Å². The van der Waals surface area contributed by atoms with Crippen molar-refractivity contribution in [2.24, 2.45) is 0 Å². The standard InChI is InChI=1S/C26H28FN3O3/c1-15(2)30-22-10-9-17(11-20(22)16(3)14-26(30,4)5)12-21-23(31)28-25(33)29(24(21)32)19-8-6-7-18(27)13-19/h6-13,15-16H,14H2,1-5H3,(H,28,31,33)/b21-12+/t16-/m0/s1. The Morgan fingerprint density at radius 3 is 2.52 bits per heavy atom. The molecule has 6 nitrogen and oxygen atoms in total. The lowest BCUT2D eigenvalue weighted by Crippen LogP contribution is -2.54. The van der Waals surface area contributed by atoms with E-state index in [1.54, 1.807) is 0 Å². The van der Waals surface area contributed by atoms with Gasteiger partial charge in [-0.1, -0.05) is 19.1 Å². The second kappa shape index (κ2) is 8.14. The van der Waals surface area contributed by atoms with Gasteiger partial charge in [0.05, 0.1) is 5.69 Å². The van der Waals surface area contributed by atoms with E-state index in [4.69, 9.17) is 0 Å². The first kappa shape index (κ1) is 22.7. The third-order valence-corrected chi connectivity index (χ3v) is 6.30. The van der Waals surface area contributed by atoms with Crippen molar-refractivity contribution in [1.29, 1.82) is 0 Å². The van der Waals surface area contributed by atoms with E-state index in [2.05, 4.69) is 44.8 Å². The molecule has 7 heteroatoms. The van der Waals surface area contributed by atoms with Gasteiger partial charge in [-0.3, -0.25) is 14.9 Å².